The second-order valence-electron chi connectivity index (χ2n) is 1.21. The van der Waals surface area contributed by atoms with E-state index >= 15 is 0 Å². The van der Waals surface area contributed by atoms with Gasteiger partial charge in [-0.25, -0.2) is 9.59 Å². The van der Waals surface area contributed by atoms with Gasteiger partial charge in [-0.05, 0) is 6.92 Å². The predicted molar refractivity (Wildman–Crippen MR) is 34.4 cm³/mol. The van der Waals surface area contributed by atoms with E-state index in [0.29, 0.717) is 0 Å². The number of carbonyl (C=O) groups excluding carboxylic acids is 2. The van der Waals surface area contributed by atoms with Crippen LogP contribution in [-0.2, 0) is 19.1 Å². The molecule has 0 unspecified atom stereocenters. The standard InChI is InChI=1S/C5H8O4.Na/c1-3-9-5(7)4(6)8-2;/h3H2,1-2H3;. The number of methoxy groups -OCH3 is 1. The molecule has 0 saturated heterocycles. The van der Waals surface area contributed by atoms with Crippen LogP contribution in [0.3, 0.4) is 0 Å². The van der Waals surface area contributed by atoms with Gasteiger partial charge in [0.25, 0.3) is 0 Å². The summed E-state index contributed by atoms with van der Waals surface area (Å²) in [6, 6.07) is 0. The van der Waals surface area contributed by atoms with Crippen molar-refractivity contribution in [2.45, 2.75) is 6.92 Å². The zero-order valence-electron chi connectivity index (χ0n) is 6.34. The number of hydrogen-bond donors (Lipinski definition) is 0. The molecule has 5 heteroatoms. The molecule has 0 aliphatic carbocycles. The molecule has 0 aromatic rings. The van der Waals surface area contributed by atoms with Gasteiger partial charge >= 0.3 is 11.9 Å². The Morgan fingerprint density at radius 2 is 1.80 bits per heavy atom. The maximum Gasteiger partial charge on any atom is 0.417 e. The maximum atomic E-state index is 10.3. The van der Waals surface area contributed by atoms with Gasteiger partial charge in [0.2, 0.25) is 0 Å². The molecule has 4 nitrogen and oxygen atoms in total. The van der Waals surface area contributed by atoms with Crippen molar-refractivity contribution in [3.8, 4) is 0 Å². The van der Waals surface area contributed by atoms with E-state index in [4.69, 9.17) is 0 Å². The summed E-state index contributed by atoms with van der Waals surface area (Å²) in [5.74, 6) is -1.91. The minimum atomic E-state index is -0.961. The zero-order valence-corrected chi connectivity index (χ0v) is 8.34. The molecule has 0 aliphatic heterocycles. The largest absolute Gasteiger partial charge is 0.461 e. The van der Waals surface area contributed by atoms with Crippen LogP contribution in [0.15, 0.2) is 0 Å². The van der Waals surface area contributed by atoms with Crippen LogP contribution in [0.1, 0.15) is 6.92 Å². The Bertz CT molecular complexity index is 123. The Morgan fingerprint density at radius 1 is 1.30 bits per heavy atom. The Labute approximate surface area is 81.2 Å². The monoisotopic (exact) mass is 155 g/mol. The van der Waals surface area contributed by atoms with Crippen molar-refractivity contribution < 1.29 is 19.1 Å². The summed E-state index contributed by atoms with van der Waals surface area (Å²) in [6.45, 7) is 1.80. The van der Waals surface area contributed by atoms with Crippen molar-refractivity contribution in [2.75, 3.05) is 13.7 Å². The quantitative estimate of drug-likeness (QED) is 0.286. The van der Waals surface area contributed by atoms with E-state index in [1.807, 2.05) is 0 Å². The van der Waals surface area contributed by atoms with Crippen molar-refractivity contribution in [3.63, 3.8) is 0 Å². The molecular formula is C5H8NaO4. The minimum absolute atomic E-state index is 0. The molecule has 0 bridgehead atoms. The molecule has 0 amide bonds. The van der Waals surface area contributed by atoms with Crippen molar-refractivity contribution >= 4 is 41.5 Å². The first kappa shape index (κ1) is 12.6. The van der Waals surface area contributed by atoms with Crippen LogP contribution >= 0.6 is 0 Å². The molecule has 1 radical (unpaired) electrons. The molecule has 0 aliphatic rings. The van der Waals surface area contributed by atoms with Crippen molar-refractivity contribution in [2.24, 2.45) is 0 Å². The van der Waals surface area contributed by atoms with Gasteiger partial charge in [-0.2, -0.15) is 0 Å². The minimum Gasteiger partial charge on any atom is -0.461 e. The van der Waals surface area contributed by atoms with Crippen LogP contribution in [-0.4, -0.2) is 55.2 Å². The smallest absolute Gasteiger partial charge is 0.417 e. The predicted octanol–water partition coefficient (Wildman–Crippen LogP) is -0.658. The fourth-order valence-corrected chi connectivity index (χ4v) is 0.273. The molecule has 0 N–H and O–H groups in total. The molecule has 0 atom stereocenters. The summed E-state index contributed by atoms with van der Waals surface area (Å²) in [5.41, 5.74) is 0. The first-order chi connectivity index (χ1) is 4.22. The van der Waals surface area contributed by atoms with E-state index in [2.05, 4.69) is 9.47 Å². The van der Waals surface area contributed by atoms with Crippen molar-refractivity contribution in [1.29, 1.82) is 0 Å². The van der Waals surface area contributed by atoms with Crippen LogP contribution < -0.4 is 0 Å². The van der Waals surface area contributed by atoms with Gasteiger partial charge in [-0.1, -0.05) is 0 Å². The average Bonchev–Trinajstić information content (AvgIpc) is 1.87. The fourth-order valence-electron chi connectivity index (χ4n) is 0.273. The SMILES string of the molecule is CCOC(=O)C(=O)OC.[Na]. The third kappa shape index (κ3) is 4.78. The van der Waals surface area contributed by atoms with E-state index in [1.165, 1.54) is 0 Å². The third-order valence-corrected chi connectivity index (χ3v) is 0.627. The molecule has 0 aromatic heterocycles. The van der Waals surface area contributed by atoms with Crippen LogP contribution in [0.2, 0.25) is 0 Å². The topological polar surface area (TPSA) is 52.6 Å². The number of ether oxygens (including phenoxy) is 2. The van der Waals surface area contributed by atoms with E-state index in [0.717, 1.165) is 7.11 Å². The van der Waals surface area contributed by atoms with Gasteiger partial charge in [-0.3, -0.25) is 0 Å². The Balaban J connectivity index is 0. The van der Waals surface area contributed by atoms with Crippen molar-refractivity contribution in [1.82, 2.24) is 0 Å². The molecular weight excluding hydrogens is 147 g/mol. The number of carbonyl (C=O) groups is 2. The first-order valence-electron chi connectivity index (χ1n) is 2.47. The normalized spacial score (nSPS) is 7.40. The molecule has 0 rings (SSSR count). The summed E-state index contributed by atoms with van der Waals surface area (Å²) in [5, 5.41) is 0. The first-order valence-corrected chi connectivity index (χ1v) is 2.47. The van der Waals surface area contributed by atoms with E-state index in [1.54, 1.807) is 6.92 Å². The third-order valence-electron chi connectivity index (χ3n) is 0.627. The number of esters is 2. The number of hydrogen-bond acceptors (Lipinski definition) is 4. The van der Waals surface area contributed by atoms with Crippen LogP contribution in [0.25, 0.3) is 0 Å². The van der Waals surface area contributed by atoms with Crippen LogP contribution in [0, 0.1) is 0 Å². The molecule has 0 aromatic carbocycles. The van der Waals surface area contributed by atoms with Crippen molar-refractivity contribution in [3.05, 3.63) is 0 Å². The second-order valence-corrected chi connectivity index (χ2v) is 1.21. The summed E-state index contributed by atoms with van der Waals surface area (Å²) < 4.78 is 8.33. The van der Waals surface area contributed by atoms with Gasteiger partial charge in [0, 0.05) is 29.6 Å². The number of rotatable bonds is 1. The van der Waals surface area contributed by atoms with Gasteiger partial charge in [0.05, 0.1) is 13.7 Å². The van der Waals surface area contributed by atoms with Crippen LogP contribution in [0.5, 0.6) is 0 Å². The zero-order chi connectivity index (χ0) is 7.28. The Kier molecular flexibility index (Phi) is 8.89. The van der Waals surface area contributed by atoms with E-state index < -0.39 is 11.9 Å². The molecule has 53 valence electrons. The van der Waals surface area contributed by atoms with Gasteiger partial charge in [-0.15, -0.1) is 0 Å². The fraction of sp³-hybridized carbons (Fsp3) is 0.600. The summed E-state index contributed by atoms with van der Waals surface area (Å²) >= 11 is 0. The summed E-state index contributed by atoms with van der Waals surface area (Å²) in [4.78, 5) is 20.5. The van der Waals surface area contributed by atoms with Gasteiger partial charge < -0.3 is 9.47 Å². The molecule has 0 heterocycles. The second kappa shape index (κ2) is 7.05. The van der Waals surface area contributed by atoms with E-state index in [-0.39, 0.29) is 36.2 Å². The van der Waals surface area contributed by atoms with Gasteiger partial charge in [0.15, 0.2) is 0 Å². The molecule has 0 saturated carbocycles. The van der Waals surface area contributed by atoms with E-state index in [9.17, 15) is 9.59 Å². The van der Waals surface area contributed by atoms with Crippen LogP contribution in [0.4, 0.5) is 0 Å². The average molecular weight is 155 g/mol. The maximum absolute atomic E-state index is 10.3. The Hall–Kier alpha value is -0.0600. The Morgan fingerprint density at radius 3 is 2.10 bits per heavy atom. The molecule has 0 spiro atoms. The van der Waals surface area contributed by atoms with Gasteiger partial charge in [0.1, 0.15) is 0 Å². The summed E-state index contributed by atoms with van der Waals surface area (Å²) in [7, 11) is 1.12. The summed E-state index contributed by atoms with van der Waals surface area (Å²) in [6.07, 6.45) is 0. The molecule has 0 fully saturated rings. The molecule has 10 heavy (non-hydrogen) atoms.